The Morgan fingerprint density at radius 3 is 2.85 bits per heavy atom. The van der Waals surface area contributed by atoms with Gasteiger partial charge < -0.3 is 14.6 Å². The van der Waals surface area contributed by atoms with E-state index in [1.165, 1.54) is 17.4 Å². The zero-order chi connectivity index (χ0) is 26.8. The van der Waals surface area contributed by atoms with E-state index in [9.17, 15) is 14.0 Å². The maximum Gasteiger partial charge on any atom is 0.261 e. The quantitative estimate of drug-likeness (QED) is 0.353. The van der Waals surface area contributed by atoms with Gasteiger partial charge in [0, 0.05) is 23.9 Å². The lowest BCUT2D eigenvalue weighted by atomic mass is 9.94. The molecule has 5 heterocycles. The van der Waals surface area contributed by atoms with Gasteiger partial charge in [-0.25, -0.2) is 4.39 Å². The van der Waals surface area contributed by atoms with Crippen molar-refractivity contribution in [1.82, 2.24) is 25.4 Å². The summed E-state index contributed by atoms with van der Waals surface area (Å²) in [6.07, 6.45) is 3.92. The lowest BCUT2D eigenvalue weighted by molar-refractivity contribution is 0.0776. The summed E-state index contributed by atoms with van der Waals surface area (Å²) in [6, 6.07) is 8.22. The predicted molar refractivity (Wildman–Crippen MR) is 143 cm³/mol. The van der Waals surface area contributed by atoms with Gasteiger partial charge in [0.05, 0.1) is 39.5 Å². The minimum atomic E-state index is -0.262. The van der Waals surface area contributed by atoms with Crippen LogP contribution in [-0.2, 0) is 12.8 Å². The molecule has 3 aromatic heterocycles. The number of benzene rings is 1. The summed E-state index contributed by atoms with van der Waals surface area (Å²) in [5, 5.41) is 11.4. The van der Waals surface area contributed by atoms with Crippen LogP contribution < -0.4 is 5.32 Å². The minimum Gasteiger partial charge on any atom is -0.421 e. The number of halogens is 1. The van der Waals surface area contributed by atoms with Gasteiger partial charge in [0.15, 0.2) is 0 Å². The normalized spacial score (nSPS) is 19.4. The summed E-state index contributed by atoms with van der Waals surface area (Å²) in [6.45, 7) is 4.46. The molecule has 39 heavy (non-hydrogen) atoms. The van der Waals surface area contributed by atoms with Crippen LogP contribution in [0.2, 0.25) is 0 Å². The molecule has 3 aliphatic rings. The van der Waals surface area contributed by atoms with Crippen molar-refractivity contribution >= 4 is 23.2 Å². The zero-order valence-electron chi connectivity index (χ0n) is 21.6. The van der Waals surface area contributed by atoms with Gasteiger partial charge in [-0.1, -0.05) is 13.0 Å². The number of aryl methyl sites for hydroxylation is 3. The molecule has 0 bridgehead atoms. The SMILES string of the molecule is CCc1nc2c(c(-c3ccc(C(=O)NC4CCc5cc(F)ccc54)s3)c1-c1nnc(C)o1)C(=O)N1CCC[C@H]21. The van der Waals surface area contributed by atoms with Gasteiger partial charge in [-0.2, -0.15) is 0 Å². The van der Waals surface area contributed by atoms with E-state index in [2.05, 4.69) is 15.5 Å². The third-order valence-electron chi connectivity index (χ3n) is 7.98. The number of amides is 2. The summed E-state index contributed by atoms with van der Waals surface area (Å²) in [7, 11) is 0. The number of pyridine rings is 1. The number of carbonyl (C=O) groups excluding carboxylic acids is 2. The zero-order valence-corrected chi connectivity index (χ0v) is 22.4. The largest absolute Gasteiger partial charge is 0.421 e. The van der Waals surface area contributed by atoms with Gasteiger partial charge >= 0.3 is 0 Å². The highest BCUT2D eigenvalue weighted by atomic mass is 32.1. The molecule has 0 radical (unpaired) electrons. The molecule has 1 aliphatic carbocycles. The standard InChI is InChI=1S/C29H26FN5O3S/c1-3-18-23(28-34-33-14(2)38-28)24(25-26(31-18)20-5-4-12-35(20)29(25)37)21-10-11-22(39-21)27(36)32-19-9-6-15-13-16(30)7-8-17(15)19/h7-8,10-11,13,19-20H,3-6,9,12H2,1-2H3,(H,32,36)/t19?,20-/m1/s1. The molecule has 2 atom stereocenters. The molecule has 1 unspecified atom stereocenters. The van der Waals surface area contributed by atoms with E-state index in [4.69, 9.17) is 9.40 Å². The number of fused-ring (bicyclic) bond motifs is 4. The van der Waals surface area contributed by atoms with Crippen LogP contribution in [0.1, 0.15) is 86.7 Å². The topological polar surface area (TPSA) is 101 Å². The Labute approximate surface area is 228 Å². The molecule has 0 spiro atoms. The van der Waals surface area contributed by atoms with Crippen molar-refractivity contribution in [2.24, 2.45) is 0 Å². The predicted octanol–water partition coefficient (Wildman–Crippen LogP) is 5.58. The Kier molecular flexibility index (Phi) is 5.62. The second kappa shape index (κ2) is 9.08. The van der Waals surface area contributed by atoms with Crippen LogP contribution in [0.3, 0.4) is 0 Å². The molecule has 1 saturated heterocycles. The third-order valence-corrected chi connectivity index (χ3v) is 9.08. The molecule has 4 aromatic rings. The summed E-state index contributed by atoms with van der Waals surface area (Å²) < 4.78 is 19.5. The van der Waals surface area contributed by atoms with E-state index < -0.39 is 0 Å². The van der Waals surface area contributed by atoms with Crippen LogP contribution in [-0.4, -0.2) is 38.4 Å². The van der Waals surface area contributed by atoms with Crippen molar-refractivity contribution in [2.75, 3.05) is 6.54 Å². The van der Waals surface area contributed by atoms with E-state index in [-0.39, 0.29) is 29.7 Å². The summed E-state index contributed by atoms with van der Waals surface area (Å²) in [4.78, 5) is 35.2. The first kappa shape index (κ1) is 24.1. The Hall–Kier alpha value is -3.92. The summed E-state index contributed by atoms with van der Waals surface area (Å²) in [5.41, 5.74) is 5.44. The van der Waals surface area contributed by atoms with E-state index >= 15 is 0 Å². The van der Waals surface area contributed by atoms with Gasteiger partial charge in [-0.05, 0) is 67.5 Å². The van der Waals surface area contributed by atoms with Crippen LogP contribution in [0.5, 0.6) is 0 Å². The number of nitrogens with one attached hydrogen (secondary N) is 1. The van der Waals surface area contributed by atoms with Gasteiger partial charge in [-0.15, -0.1) is 21.5 Å². The maximum atomic E-state index is 13.7. The molecule has 1 N–H and O–H groups in total. The van der Waals surface area contributed by atoms with Crippen molar-refractivity contribution in [3.63, 3.8) is 0 Å². The molecule has 2 amide bonds. The average Bonchev–Trinajstić information content (AvgIpc) is 3.75. The van der Waals surface area contributed by atoms with E-state index in [0.29, 0.717) is 46.3 Å². The molecular formula is C29H26FN5O3S. The van der Waals surface area contributed by atoms with Crippen molar-refractivity contribution in [3.8, 4) is 21.9 Å². The van der Waals surface area contributed by atoms with Gasteiger partial charge in [0.1, 0.15) is 5.82 Å². The van der Waals surface area contributed by atoms with Gasteiger partial charge in [0.2, 0.25) is 11.8 Å². The van der Waals surface area contributed by atoms with Crippen LogP contribution in [0.25, 0.3) is 21.9 Å². The van der Waals surface area contributed by atoms with Crippen molar-refractivity contribution in [1.29, 1.82) is 0 Å². The number of nitrogens with zero attached hydrogens (tertiary/aromatic N) is 4. The smallest absolute Gasteiger partial charge is 0.261 e. The Bertz CT molecular complexity index is 1660. The van der Waals surface area contributed by atoms with Crippen molar-refractivity contribution in [3.05, 3.63) is 75.0 Å². The number of hydrogen-bond donors (Lipinski definition) is 1. The first-order valence-electron chi connectivity index (χ1n) is 13.3. The first-order valence-corrected chi connectivity index (χ1v) is 14.1. The number of carbonyl (C=O) groups is 2. The highest BCUT2D eigenvalue weighted by molar-refractivity contribution is 7.17. The number of rotatable bonds is 5. The highest BCUT2D eigenvalue weighted by Gasteiger charge is 2.44. The monoisotopic (exact) mass is 543 g/mol. The van der Waals surface area contributed by atoms with Gasteiger partial charge in [0.25, 0.3) is 11.8 Å². The van der Waals surface area contributed by atoms with Crippen LogP contribution in [0, 0.1) is 12.7 Å². The second-order valence-electron chi connectivity index (χ2n) is 10.3. The molecule has 10 heteroatoms. The van der Waals surface area contributed by atoms with Crippen molar-refractivity contribution in [2.45, 2.75) is 58.0 Å². The molecule has 8 nitrogen and oxygen atoms in total. The van der Waals surface area contributed by atoms with E-state index in [1.807, 2.05) is 17.9 Å². The molecule has 0 saturated carbocycles. The molecule has 1 fully saturated rings. The minimum absolute atomic E-state index is 0.0231. The molecule has 198 valence electrons. The summed E-state index contributed by atoms with van der Waals surface area (Å²) in [5.74, 6) is 0.251. The number of aromatic nitrogens is 3. The highest BCUT2D eigenvalue weighted by Crippen LogP contribution is 2.49. The third kappa shape index (κ3) is 3.80. The number of thiophene rings is 1. The lowest BCUT2D eigenvalue weighted by Crippen LogP contribution is -2.26. The fraction of sp³-hybridized carbons (Fsp3) is 0.345. The first-order chi connectivity index (χ1) is 18.9. The molecule has 1 aromatic carbocycles. The van der Waals surface area contributed by atoms with Crippen LogP contribution >= 0.6 is 11.3 Å². The fourth-order valence-corrected chi connectivity index (χ4v) is 7.21. The van der Waals surface area contributed by atoms with E-state index in [0.717, 1.165) is 53.1 Å². The Morgan fingerprint density at radius 1 is 1.18 bits per heavy atom. The fourth-order valence-electron chi connectivity index (χ4n) is 6.24. The van der Waals surface area contributed by atoms with E-state index in [1.54, 1.807) is 25.1 Å². The van der Waals surface area contributed by atoms with Gasteiger partial charge in [-0.3, -0.25) is 14.6 Å². The summed E-state index contributed by atoms with van der Waals surface area (Å²) >= 11 is 1.33. The number of hydrogen-bond acceptors (Lipinski definition) is 7. The average molecular weight is 544 g/mol. The molecular weight excluding hydrogens is 517 g/mol. The van der Waals surface area contributed by atoms with Crippen molar-refractivity contribution < 1.29 is 18.4 Å². The molecule has 2 aliphatic heterocycles. The maximum absolute atomic E-state index is 13.7. The lowest BCUT2D eigenvalue weighted by Gasteiger charge is -2.15. The Morgan fingerprint density at radius 2 is 2.05 bits per heavy atom. The second-order valence-corrected chi connectivity index (χ2v) is 11.4. The molecule has 7 rings (SSSR count). The van der Waals surface area contributed by atoms with Crippen LogP contribution in [0.15, 0.2) is 34.7 Å². The Balaban J connectivity index is 1.31. The van der Waals surface area contributed by atoms with Crippen LogP contribution in [0.4, 0.5) is 4.39 Å².